The normalized spacial score (nSPS) is 19.9. The molecule has 0 amide bonds. The molecule has 0 aromatic carbocycles. The summed E-state index contributed by atoms with van der Waals surface area (Å²) in [5.41, 5.74) is 1.06. The van der Waals surface area contributed by atoms with Crippen LogP contribution in [-0.2, 0) is 0 Å². The highest BCUT2D eigenvalue weighted by atomic mass is 15.2. The molecule has 88 valence electrons. The predicted octanol–water partition coefficient (Wildman–Crippen LogP) is 1.22. The first-order valence-electron chi connectivity index (χ1n) is 5.97. The second-order valence-electron chi connectivity index (χ2n) is 4.45. The van der Waals surface area contributed by atoms with Gasteiger partial charge in [-0.1, -0.05) is 0 Å². The van der Waals surface area contributed by atoms with Crippen molar-refractivity contribution in [3.8, 4) is 0 Å². The van der Waals surface area contributed by atoms with E-state index in [0.29, 0.717) is 12.1 Å². The molecule has 1 aliphatic rings. The highest BCUT2D eigenvalue weighted by molar-refractivity contribution is 5.01. The van der Waals surface area contributed by atoms with Gasteiger partial charge in [-0.25, -0.2) is 0 Å². The van der Waals surface area contributed by atoms with Crippen molar-refractivity contribution in [1.29, 1.82) is 0 Å². The SMILES string of the molecule is C[C@H](c1cnccn1)N(C)C1CCNCC1. The molecular weight excluding hydrogens is 200 g/mol. The summed E-state index contributed by atoms with van der Waals surface area (Å²) in [4.78, 5) is 10.9. The van der Waals surface area contributed by atoms with Gasteiger partial charge >= 0.3 is 0 Å². The van der Waals surface area contributed by atoms with Crippen molar-refractivity contribution >= 4 is 0 Å². The van der Waals surface area contributed by atoms with E-state index in [1.54, 1.807) is 12.4 Å². The molecule has 1 aliphatic heterocycles. The minimum Gasteiger partial charge on any atom is -0.317 e. The van der Waals surface area contributed by atoms with E-state index in [4.69, 9.17) is 0 Å². The van der Waals surface area contributed by atoms with Crippen molar-refractivity contribution in [2.75, 3.05) is 20.1 Å². The van der Waals surface area contributed by atoms with Crippen molar-refractivity contribution in [3.05, 3.63) is 24.3 Å². The van der Waals surface area contributed by atoms with Gasteiger partial charge in [0.05, 0.1) is 11.7 Å². The number of nitrogens with zero attached hydrogens (tertiary/aromatic N) is 3. The van der Waals surface area contributed by atoms with Gasteiger partial charge in [0.2, 0.25) is 0 Å². The van der Waals surface area contributed by atoms with Crippen LogP contribution >= 0.6 is 0 Å². The van der Waals surface area contributed by atoms with Gasteiger partial charge in [-0.2, -0.15) is 0 Å². The van der Waals surface area contributed by atoms with Crippen LogP contribution in [0.5, 0.6) is 0 Å². The van der Waals surface area contributed by atoms with E-state index in [1.807, 2.05) is 6.20 Å². The average molecular weight is 220 g/mol. The third-order valence-electron chi connectivity index (χ3n) is 3.51. The lowest BCUT2D eigenvalue weighted by molar-refractivity contribution is 0.150. The Kier molecular flexibility index (Phi) is 3.85. The minimum atomic E-state index is 0.344. The summed E-state index contributed by atoms with van der Waals surface area (Å²) in [6, 6.07) is 1.01. The maximum absolute atomic E-state index is 4.37. The monoisotopic (exact) mass is 220 g/mol. The summed E-state index contributed by atoms with van der Waals surface area (Å²) in [6.07, 6.45) is 7.80. The third-order valence-corrected chi connectivity index (χ3v) is 3.51. The summed E-state index contributed by atoms with van der Waals surface area (Å²) in [5.74, 6) is 0. The fraction of sp³-hybridized carbons (Fsp3) is 0.667. The van der Waals surface area contributed by atoms with E-state index in [1.165, 1.54) is 12.8 Å². The lowest BCUT2D eigenvalue weighted by atomic mass is 10.0. The largest absolute Gasteiger partial charge is 0.317 e. The van der Waals surface area contributed by atoms with Crippen LogP contribution in [0.4, 0.5) is 0 Å². The maximum Gasteiger partial charge on any atom is 0.0755 e. The molecule has 0 aliphatic carbocycles. The van der Waals surface area contributed by atoms with Gasteiger partial charge < -0.3 is 5.32 Å². The van der Waals surface area contributed by atoms with Gasteiger partial charge in [-0.15, -0.1) is 0 Å². The Balaban J connectivity index is 2.00. The summed E-state index contributed by atoms with van der Waals surface area (Å²) >= 11 is 0. The summed E-state index contributed by atoms with van der Waals surface area (Å²) in [5, 5.41) is 3.39. The fourth-order valence-electron chi connectivity index (χ4n) is 2.27. The summed E-state index contributed by atoms with van der Waals surface area (Å²) < 4.78 is 0. The first-order valence-corrected chi connectivity index (χ1v) is 5.97. The van der Waals surface area contributed by atoms with Gasteiger partial charge in [0.25, 0.3) is 0 Å². The van der Waals surface area contributed by atoms with Crippen molar-refractivity contribution in [1.82, 2.24) is 20.2 Å². The van der Waals surface area contributed by atoms with Crippen LogP contribution in [0.1, 0.15) is 31.5 Å². The molecule has 0 bridgehead atoms. The number of piperidine rings is 1. The van der Waals surface area contributed by atoms with E-state index < -0.39 is 0 Å². The molecule has 0 saturated carbocycles. The molecule has 0 unspecified atom stereocenters. The highest BCUT2D eigenvalue weighted by Crippen LogP contribution is 2.21. The van der Waals surface area contributed by atoms with Gasteiger partial charge in [0.1, 0.15) is 0 Å². The molecule has 1 atom stereocenters. The molecule has 0 spiro atoms. The van der Waals surface area contributed by atoms with Crippen molar-refractivity contribution in [2.24, 2.45) is 0 Å². The molecule has 4 heteroatoms. The van der Waals surface area contributed by atoms with Crippen molar-refractivity contribution in [2.45, 2.75) is 31.8 Å². The standard InChI is InChI=1S/C12H20N4/c1-10(12-9-14-7-8-15-12)16(2)11-3-5-13-6-4-11/h7-11,13H,3-6H2,1-2H3/t10-/m1/s1. The van der Waals surface area contributed by atoms with E-state index in [9.17, 15) is 0 Å². The second-order valence-corrected chi connectivity index (χ2v) is 4.45. The zero-order valence-corrected chi connectivity index (χ0v) is 10.1. The molecule has 1 aromatic heterocycles. The van der Waals surface area contributed by atoms with Gasteiger partial charge in [-0.05, 0) is 39.9 Å². The van der Waals surface area contributed by atoms with Crippen molar-refractivity contribution in [3.63, 3.8) is 0 Å². The van der Waals surface area contributed by atoms with Crippen LogP contribution in [0, 0.1) is 0 Å². The number of aromatic nitrogens is 2. The van der Waals surface area contributed by atoms with E-state index >= 15 is 0 Å². The maximum atomic E-state index is 4.37. The number of rotatable bonds is 3. The van der Waals surface area contributed by atoms with E-state index in [0.717, 1.165) is 18.8 Å². The van der Waals surface area contributed by atoms with Crippen LogP contribution in [0.2, 0.25) is 0 Å². The molecule has 2 heterocycles. The highest BCUT2D eigenvalue weighted by Gasteiger charge is 2.23. The Hall–Kier alpha value is -1.00. The van der Waals surface area contributed by atoms with E-state index in [-0.39, 0.29) is 0 Å². The molecule has 1 aromatic rings. The fourth-order valence-corrected chi connectivity index (χ4v) is 2.27. The molecule has 2 rings (SSSR count). The van der Waals surface area contributed by atoms with E-state index in [2.05, 4.69) is 34.2 Å². The smallest absolute Gasteiger partial charge is 0.0755 e. The Labute approximate surface area is 97.1 Å². The van der Waals surface area contributed by atoms with Gasteiger partial charge in [0, 0.05) is 24.6 Å². The average Bonchev–Trinajstić information content (AvgIpc) is 2.39. The Morgan fingerprint density at radius 2 is 2.12 bits per heavy atom. The zero-order valence-electron chi connectivity index (χ0n) is 10.1. The molecule has 4 nitrogen and oxygen atoms in total. The zero-order chi connectivity index (χ0) is 11.4. The first-order chi connectivity index (χ1) is 7.79. The number of nitrogens with one attached hydrogen (secondary N) is 1. The topological polar surface area (TPSA) is 41.1 Å². The molecular formula is C12H20N4. The minimum absolute atomic E-state index is 0.344. The molecule has 1 saturated heterocycles. The lowest BCUT2D eigenvalue weighted by Crippen LogP contribution is -2.42. The second kappa shape index (κ2) is 5.37. The Bertz CT molecular complexity index is 308. The van der Waals surface area contributed by atoms with Crippen LogP contribution in [-0.4, -0.2) is 41.0 Å². The number of hydrogen-bond donors (Lipinski definition) is 1. The first kappa shape index (κ1) is 11.5. The quantitative estimate of drug-likeness (QED) is 0.831. The Morgan fingerprint density at radius 1 is 1.38 bits per heavy atom. The molecule has 16 heavy (non-hydrogen) atoms. The van der Waals surface area contributed by atoms with Crippen molar-refractivity contribution < 1.29 is 0 Å². The number of hydrogen-bond acceptors (Lipinski definition) is 4. The molecule has 1 N–H and O–H groups in total. The summed E-state index contributed by atoms with van der Waals surface area (Å²) in [6.45, 7) is 4.45. The molecule has 1 fully saturated rings. The Morgan fingerprint density at radius 3 is 2.75 bits per heavy atom. The van der Waals surface area contributed by atoms with Crippen LogP contribution in [0.25, 0.3) is 0 Å². The molecule has 0 radical (unpaired) electrons. The predicted molar refractivity (Wildman–Crippen MR) is 64.1 cm³/mol. The van der Waals surface area contributed by atoms with Crippen LogP contribution in [0.3, 0.4) is 0 Å². The third kappa shape index (κ3) is 2.57. The van der Waals surface area contributed by atoms with Gasteiger partial charge in [-0.3, -0.25) is 14.9 Å². The van der Waals surface area contributed by atoms with Crippen LogP contribution < -0.4 is 5.32 Å². The van der Waals surface area contributed by atoms with Gasteiger partial charge in [0.15, 0.2) is 0 Å². The van der Waals surface area contributed by atoms with Crippen LogP contribution in [0.15, 0.2) is 18.6 Å². The lowest BCUT2D eigenvalue weighted by Gasteiger charge is -2.35. The summed E-state index contributed by atoms with van der Waals surface area (Å²) in [7, 11) is 2.19.